The first-order valence-electron chi connectivity index (χ1n) is 6.37. The Labute approximate surface area is 197 Å². The topological polar surface area (TPSA) is 167 Å². The molecular formula is C12H18Na2O10S2. The standard InChI is InChI=1S/2C6H10O5S.2Na/c2*1-2-6(7)11-4-3-5-12(8,9)10;;/h2*2H,1,3-5H2,(H,8,9,10);;/q;;2*+1/p-2. The van der Waals surface area contributed by atoms with Crippen LogP contribution < -0.4 is 59.1 Å². The summed E-state index contributed by atoms with van der Waals surface area (Å²) in [6.45, 7) is 6.11. The van der Waals surface area contributed by atoms with E-state index < -0.39 is 43.7 Å². The van der Waals surface area contributed by atoms with Crippen molar-refractivity contribution in [2.45, 2.75) is 12.8 Å². The van der Waals surface area contributed by atoms with Crippen LogP contribution in [-0.2, 0) is 39.3 Å². The van der Waals surface area contributed by atoms with E-state index in [0.717, 1.165) is 12.2 Å². The zero-order valence-corrected chi connectivity index (χ0v) is 20.3. The summed E-state index contributed by atoms with van der Waals surface area (Å²) >= 11 is 0. The zero-order chi connectivity index (χ0) is 19.2. The number of ether oxygens (including phenoxy) is 2. The first-order chi connectivity index (χ1) is 10.9. The molecule has 0 aliphatic carbocycles. The summed E-state index contributed by atoms with van der Waals surface area (Å²) in [5, 5.41) is 0. The van der Waals surface area contributed by atoms with Crippen LogP contribution in [-0.4, -0.2) is 62.6 Å². The Balaban J connectivity index is -0.000000173. The molecule has 0 fully saturated rings. The molecule has 0 spiro atoms. The van der Waals surface area contributed by atoms with Crippen LogP contribution in [0.15, 0.2) is 25.3 Å². The van der Waals surface area contributed by atoms with Crippen LogP contribution in [0.2, 0.25) is 0 Å². The molecule has 0 aliphatic rings. The SMILES string of the molecule is C=CC(=O)OCCCS(=O)(=O)[O-].C=CC(=O)OCCCS(=O)(=O)[O-].[Na+].[Na+]. The average Bonchev–Trinajstić information content (AvgIpc) is 2.46. The van der Waals surface area contributed by atoms with Crippen molar-refractivity contribution in [3.63, 3.8) is 0 Å². The van der Waals surface area contributed by atoms with Crippen molar-refractivity contribution in [3.05, 3.63) is 25.3 Å². The molecule has 0 saturated heterocycles. The minimum atomic E-state index is -4.20. The third-order valence-electron chi connectivity index (χ3n) is 1.90. The fraction of sp³-hybridized carbons (Fsp3) is 0.500. The van der Waals surface area contributed by atoms with Crippen LogP contribution in [0.5, 0.6) is 0 Å². The molecule has 0 atom stereocenters. The zero-order valence-electron chi connectivity index (χ0n) is 14.7. The van der Waals surface area contributed by atoms with Crippen LogP contribution in [0, 0.1) is 0 Å². The van der Waals surface area contributed by atoms with Gasteiger partial charge >= 0.3 is 71.1 Å². The maximum Gasteiger partial charge on any atom is 1.00 e. The second-order valence-corrected chi connectivity index (χ2v) is 7.02. The number of hydrogen-bond donors (Lipinski definition) is 0. The Morgan fingerprint density at radius 2 is 1.04 bits per heavy atom. The predicted molar refractivity (Wildman–Crippen MR) is 80.7 cm³/mol. The van der Waals surface area contributed by atoms with E-state index in [2.05, 4.69) is 22.6 Å². The van der Waals surface area contributed by atoms with E-state index in [1.54, 1.807) is 0 Å². The second-order valence-electron chi connectivity index (χ2n) is 3.97. The summed E-state index contributed by atoms with van der Waals surface area (Å²) in [5.74, 6) is -2.29. The Morgan fingerprint density at radius 3 is 1.23 bits per heavy atom. The van der Waals surface area contributed by atoms with Crippen molar-refractivity contribution in [3.8, 4) is 0 Å². The number of hydrogen-bond acceptors (Lipinski definition) is 10. The Morgan fingerprint density at radius 1 is 0.769 bits per heavy atom. The van der Waals surface area contributed by atoms with E-state index in [1.165, 1.54) is 0 Å². The minimum absolute atomic E-state index is 0. The number of esters is 2. The largest absolute Gasteiger partial charge is 1.00 e. The van der Waals surface area contributed by atoms with Gasteiger partial charge in [-0.05, 0) is 12.8 Å². The summed E-state index contributed by atoms with van der Waals surface area (Å²) in [6.07, 6.45) is 1.97. The molecule has 0 aliphatic heterocycles. The Bertz CT molecular complexity index is 572. The summed E-state index contributed by atoms with van der Waals surface area (Å²) in [7, 11) is -8.39. The number of carbonyl (C=O) groups is 2. The summed E-state index contributed by atoms with van der Waals surface area (Å²) < 4.78 is 69.0. The fourth-order valence-electron chi connectivity index (χ4n) is 0.935. The van der Waals surface area contributed by atoms with Crippen molar-refractivity contribution < 1.29 is 104 Å². The molecule has 0 saturated carbocycles. The molecule has 0 unspecified atom stereocenters. The van der Waals surface area contributed by atoms with Crippen LogP contribution in [0.4, 0.5) is 0 Å². The van der Waals surface area contributed by atoms with Gasteiger partial charge in [-0.1, -0.05) is 13.2 Å². The predicted octanol–water partition coefficient (Wildman–Crippen LogP) is -6.69. The molecule has 0 bridgehead atoms. The Hall–Kier alpha value is 0.240. The van der Waals surface area contributed by atoms with Gasteiger partial charge in [-0.15, -0.1) is 0 Å². The quantitative estimate of drug-likeness (QED) is 0.106. The van der Waals surface area contributed by atoms with Gasteiger partial charge in [0.2, 0.25) is 0 Å². The van der Waals surface area contributed by atoms with Crippen LogP contribution in [0.25, 0.3) is 0 Å². The van der Waals surface area contributed by atoms with Gasteiger partial charge < -0.3 is 18.6 Å². The van der Waals surface area contributed by atoms with E-state index in [-0.39, 0.29) is 85.2 Å². The van der Waals surface area contributed by atoms with E-state index in [1.807, 2.05) is 0 Å². The third kappa shape index (κ3) is 32.0. The van der Waals surface area contributed by atoms with Gasteiger partial charge in [-0.25, -0.2) is 26.4 Å². The summed E-state index contributed by atoms with van der Waals surface area (Å²) in [6, 6.07) is 0. The van der Waals surface area contributed by atoms with Crippen molar-refractivity contribution in [1.82, 2.24) is 0 Å². The molecule has 0 aromatic heterocycles. The number of rotatable bonds is 10. The Kier molecular flexibility index (Phi) is 24.2. The molecule has 0 rings (SSSR count). The molecule has 0 amide bonds. The third-order valence-corrected chi connectivity index (χ3v) is 3.48. The molecule has 0 radical (unpaired) electrons. The second kappa shape index (κ2) is 18.6. The average molecular weight is 432 g/mol. The van der Waals surface area contributed by atoms with Gasteiger partial charge in [0.05, 0.1) is 33.5 Å². The first kappa shape index (κ1) is 33.8. The number of carbonyl (C=O) groups excluding carboxylic acids is 2. The molecule has 26 heavy (non-hydrogen) atoms. The molecule has 0 heterocycles. The van der Waals surface area contributed by atoms with Crippen molar-refractivity contribution in [2.75, 3.05) is 24.7 Å². The molecule has 14 heteroatoms. The van der Waals surface area contributed by atoms with E-state index in [9.17, 15) is 35.5 Å². The molecule has 10 nitrogen and oxygen atoms in total. The van der Waals surface area contributed by atoms with Crippen LogP contribution >= 0.6 is 0 Å². The van der Waals surface area contributed by atoms with Crippen molar-refractivity contribution in [2.24, 2.45) is 0 Å². The normalized spacial score (nSPS) is 9.92. The molecule has 0 aromatic rings. The van der Waals surface area contributed by atoms with Gasteiger partial charge in [0.25, 0.3) is 0 Å². The van der Waals surface area contributed by atoms with E-state index in [4.69, 9.17) is 0 Å². The maximum atomic E-state index is 10.4. The van der Waals surface area contributed by atoms with E-state index in [0.29, 0.717) is 0 Å². The van der Waals surface area contributed by atoms with Crippen LogP contribution in [0.1, 0.15) is 12.8 Å². The molecule has 0 aromatic carbocycles. The smallest absolute Gasteiger partial charge is 0.748 e. The van der Waals surface area contributed by atoms with Gasteiger partial charge in [0.1, 0.15) is 0 Å². The minimum Gasteiger partial charge on any atom is -0.748 e. The fourth-order valence-corrected chi connectivity index (χ4v) is 1.88. The monoisotopic (exact) mass is 432 g/mol. The summed E-state index contributed by atoms with van der Waals surface area (Å²) in [5.41, 5.74) is 0. The molecule has 140 valence electrons. The van der Waals surface area contributed by atoms with Crippen LogP contribution in [0.3, 0.4) is 0 Å². The summed E-state index contributed by atoms with van der Waals surface area (Å²) in [4.78, 5) is 20.7. The van der Waals surface area contributed by atoms with Gasteiger partial charge in [0.15, 0.2) is 0 Å². The molecular weight excluding hydrogens is 414 g/mol. The first-order valence-corrected chi connectivity index (χ1v) is 9.52. The van der Waals surface area contributed by atoms with Gasteiger partial charge in [-0.2, -0.15) is 0 Å². The van der Waals surface area contributed by atoms with Crippen molar-refractivity contribution in [1.29, 1.82) is 0 Å². The van der Waals surface area contributed by atoms with Crippen molar-refractivity contribution >= 4 is 32.2 Å². The van der Waals surface area contributed by atoms with E-state index >= 15 is 0 Å². The maximum absolute atomic E-state index is 10.4. The van der Waals surface area contributed by atoms with Gasteiger partial charge in [-0.3, -0.25) is 0 Å². The molecule has 0 N–H and O–H groups in total. The van der Waals surface area contributed by atoms with Gasteiger partial charge in [0, 0.05) is 23.7 Å².